The lowest BCUT2D eigenvalue weighted by molar-refractivity contribution is -0.137. The van der Waals surface area contributed by atoms with Crippen LogP contribution in [-0.2, 0) is 11.0 Å². The van der Waals surface area contributed by atoms with E-state index in [1.54, 1.807) is 54.0 Å². The first-order valence-corrected chi connectivity index (χ1v) is 12.7. The van der Waals surface area contributed by atoms with E-state index >= 15 is 0 Å². The molecule has 0 saturated carbocycles. The summed E-state index contributed by atoms with van der Waals surface area (Å²) >= 11 is 5.57. The van der Waals surface area contributed by atoms with Gasteiger partial charge in [0.05, 0.1) is 35.6 Å². The first kappa shape index (κ1) is 28.3. The zero-order valence-electron chi connectivity index (χ0n) is 21.8. The average Bonchev–Trinajstić information content (AvgIpc) is 3.09. The molecule has 4 rings (SSSR count). The fraction of sp³-hybridized carbons (Fsp3) is 0.407. The van der Waals surface area contributed by atoms with Gasteiger partial charge in [0, 0.05) is 39.3 Å². The minimum absolute atomic E-state index is 0.0321. The van der Waals surface area contributed by atoms with Crippen molar-refractivity contribution in [2.75, 3.05) is 51.3 Å². The summed E-state index contributed by atoms with van der Waals surface area (Å²) in [5, 5.41) is 9.20. The number of thiocarbonyl (C=S) groups is 1. The van der Waals surface area contributed by atoms with E-state index in [-0.39, 0.29) is 16.7 Å². The molecule has 2 aromatic rings. The number of alkyl halides is 3. The van der Waals surface area contributed by atoms with Crippen molar-refractivity contribution in [3.8, 4) is 11.8 Å². The molecule has 0 N–H and O–H groups in total. The first-order chi connectivity index (χ1) is 18.4. The highest BCUT2D eigenvalue weighted by atomic mass is 32.1. The third-order valence-corrected chi connectivity index (χ3v) is 7.55. The highest BCUT2D eigenvalue weighted by molar-refractivity contribution is 7.80. The molecule has 0 spiro atoms. The van der Waals surface area contributed by atoms with Crippen molar-refractivity contribution in [3.63, 3.8) is 0 Å². The number of rotatable bonds is 6. The number of hydrogen-bond donors (Lipinski definition) is 0. The van der Waals surface area contributed by atoms with Crippen LogP contribution in [0.4, 0.5) is 18.9 Å². The molecule has 0 unspecified atom stereocenters. The molecule has 2 heterocycles. The second kappa shape index (κ2) is 10.8. The molecule has 8 nitrogen and oxygen atoms in total. The molecule has 0 aromatic heterocycles. The number of halogens is 3. The van der Waals surface area contributed by atoms with E-state index in [4.69, 9.17) is 22.2 Å². The highest BCUT2D eigenvalue weighted by Gasteiger charge is 2.49. The maximum atomic E-state index is 13.5. The maximum absolute atomic E-state index is 13.5. The predicted molar refractivity (Wildman–Crippen MR) is 142 cm³/mol. The molecule has 12 heteroatoms. The highest BCUT2D eigenvalue weighted by Crippen LogP contribution is 2.37. The second-order valence-corrected chi connectivity index (χ2v) is 10.2. The van der Waals surface area contributed by atoms with E-state index in [1.807, 2.05) is 0 Å². The Morgan fingerprint density at radius 1 is 1.10 bits per heavy atom. The number of piperazine rings is 1. The molecule has 0 bridgehead atoms. The fourth-order valence-corrected chi connectivity index (χ4v) is 5.36. The zero-order chi connectivity index (χ0) is 28.5. The average molecular weight is 560 g/mol. The molecular formula is C27H28F3N5O3S. The summed E-state index contributed by atoms with van der Waals surface area (Å²) in [5.41, 5.74) is -2.24. The predicted octanol–water partition coefficient (Wildman–Crippen LogP) is 3.76. The normalized spacial score (nSPS) is 17.9. The molecule has 0 aliphatic carbocycles. The number of ether oxygens (including phenoxy) is 1. The smallest absolute Gasteiger partial charge is 0.417 e. The number of carbonyl (C=O) groups is 2. The van der Waals surface area contributed by atoms with Crippen LogP contribution in [0.3, 0.4) is 0 Å². The minimum atomic E-state index is -4.75. The van der Waals surface area contributed by atoms with Crippen LogP contribution in [0.25, 0.3) is 0 Å². The fourth-order valence-electron chi connectivity index (χ4n) is 4.85. The number of amides is 2. The van der Waals surface area contributed by atoms with Crippen molar-refractivity contribution in [2.24, 2.45) is 0 Å². The number of nitrogens with zero attached hydrogens (tertiary/aromatic N) is 5. The van der Waals surface area contributed by atoms with E-state index in [9.17, 15) is 22.8 Å². The van der Waals surface area contributed by atoms with Gasteiger partial charge in [0.15, 0.2) is 5.11 Å². The monoisotopic (exact) mass is 559 g/mol. The number of para-hydroxylation sites is 1. The Hall–Kier alpha value is -3.69. The molecule has 2 saturated heterocycles. The van der Waals surface area contributed by atoms with Gasteiger partial charge in [-0.3, -0.25) is 19.4 Å². The maximum Gasteiger partial charge on any atom is 0.417 e. The van der Waals surface area contributed by atoms with Crippen LogP contribution >= 0.6 is 12.2 Å². The Labute approximate surface area is 230 Å². The van der Waals surface area contributed by atoms with E-state index < -0.39 is 28.7 Å². The lowest BCUT2D eigenvalue weighted by Crippen LogP contribution is -2.52. The van der Waals surface area contributed by atoms with Gasteiger partial charge >= 0.3 is 6.18 Å². The molecule has 2 aliphatic rings. The quantitative estimate of drug-likeness (QED) is 0.499. The lowest BCUT2D eigenvalue weighted by atomic mass is 10.0. The van der Waals surface area contributed by atoms with E-state index in [0.717, 1.165) is 17.0 Å². The van der Waals surface area contributed by atoms with Crippen molar-refractivity contribution >= 4 is 34.8 Å². The van der Waals surface area contributed by atoms with Gasteiger partial charge in [0.2, 0.25) is 0 Å². The zero-order valence-corrected chi connectivity index (χ0v) is 22.6. The van der Waals surface area contributed by atoms with Crippen LogP contribution in [0.15, 0.2) is 42.5 Å². The molecule has 2 aromatic carbocycles. The van der Waals surface area contributed by atoms with Gasteiger partial charge in [-0.2, -0.15) is 18.4 Å². The summed E-state index contributed by atoms with van der Waals surface area (Å²) in [7, 11) is 1.52. The van der Waals surface area contributed by atoms with E-state index in [1.165, 1.54) is 13.2 Å². The van der Waals surface area contributed by atoms with Crippen molar-refractivity contribution < 1.29 is 27.5 Å². The Balaban J connectivity index is 1.42. The van der Waals surface area contributed by atoms with Gasteiger partial charge in [0.25, 0.3) is 11.8 Å². The van der Waals surface area contributed by atoms with Gasteiger partial charge in [-0.25, -0.2) is 0 Å². The Morgan fingerprint density at radius 3 is 2.38 bits per heavy atom. The summed E-state index contributed by atoms with van der Waals surface area (Å²) in [5.74, 6) is -0.0260. The summed E-state index contributed by atoms with van der Waals surface area (Å²) < 4.78 is 45.9. The number of anilines is 1. The Bertz CT molecular complexity index is 1330. The molecular weight excluding hydrogens is 531 g/mol. The second-order valence-electron chi connectivity index (χ2n) is 9.81. The summed E-state index contributed by atoms with van der Waals surface area (Å²) in [6.45, 7) is 6.54. The van der Waals surface area contributed by atoms with Crippen LogP contribution < -0.4 is 9.64 Å². The molecule has 39 heavy (non-hydrogen) atoms. The van der Waals surface area contributed by atoms with Crippen LogP contribution in [0.2, 0.25) is 0 Å². The van der Waals surface area contributed by atoms with E-state index in [0.29, 0.717) is 50.6 Å². The lowest BCUT2D eigenvalue weighted by Gasteiger charge is -2.37. The molecule has 0 radical (unpaired) electrons. The minimum Gasteiger partial charge on any atom is -0.496 e. The van der Waals surface area contributed by atoms with Crippen molar-refractivity contribution in [1.29, 1.82) is 5.26 Å². The first-order valence-electron chi connectivity index (χ1n) is 12.3. The standard InChI is InChI=1S/C27H28F3N5O3S/c1-26(2)24(37)35(19-9-8-18(17-31)21(16-19)27(28,29)30)25(39)34(26)15-12-32-10-13-33(14-11-32)23(36)20-6-4-5-7-22(20)38-3/h4-9,16H,10-15H2,1-3H3. The van der Waals surface area contributed by atoms with Gasteiger partial charge in [-0.15, -0.1) is 0 Å². The number of carbonyl (C=O) groups excluding carboxylic acids is 2. The number of nitriles is 1. The third-order valence-electron chi connectivity index (χ3n) is 7.15. The van der Waals surface area contributed by atoms with Gasteiger partial charge in [-0.1, -0.05) is 12.1 Å². The van der Waals surface area contributed by atoms with Crippen LogP contribution in [0.1, 0.15) is 35.3 Å². The molecule has 0 atom stereocenters. The summed E-state index contributed by atoms with van der Waals surface area (Å²) in [6.07, 6.45) is -4.75. The molecule has 2 fully saturated rings. The van der Waals surface area contributed by atoms with Crippen LogP contribution in [0, 0.1) is 11.3 Å². The SMILES string of the molecule is COc1ccccc1C(=O)N1CCN(CCN2C(=S)N(c3ccc(C#N)c(C(F)(F)F)c3)C(=O)C2(C)C)CC1. The third kappa shape index (κ3) is 5.42. The number of hydrogen-bond acceptors (Lipinski definition) is 6. The number of benzene rings is 2. The topological polar surface area (TPSA) is 80.1 Å². The molecule has 206 valence electrons. The van der Waals surface area contributed by atoms with Crippen LogP contribution in [0.5, 0.6) is 5.75 Å². The molecule has 2 aliphatic heterocycles. The number of methoxy groups -OCH3 is 1. The Morgan fingerprint density at radius 2 is 1.77 bits per heavy atom. The van der Waals surface area contributed by atoms with Crippen molar-refractivity contribution in [1.82, 2.24) is 14.7 Å². The van der Waals surface area contributed by atoms with Gasteiger partial charge in [0.1, 0.15) is 11.3 Å². The van der Waals surface area contributed by atoms with E-state index in [2.05, 4.69) is 4.90 Å². The Kier molecular flexibility index (Phi) is 7.86. The molecule has 2 amide bonds. The van der Waals surface area contributed by atoms with Gasteiger partial charge in [-0.05, 0) is 56.4 Å². The van der Waals surface area contributed by atoms with Gasteiger partial charge < -0.3 is 14.5 Å². The summed E-state index contributed by atoms with van der Waals surface area (Å²) in [6, 6.07) is 11.8. The van der Waals surface area contributed by atoms with Crippen molar-refractivity contribution in [3.05, 3.63) is 59.2 Å². The summed E-state index contributed by atoms with van der Waals surface area (Å²) in [4.78, 5) is 33.0. The van der Waals surface area contributed by atoms with Crippen molar-refractivity contribution in [2.45, 2.75) is 25.6 Å². The largest absolute Gasteiger partial charge is 0.496 e. The van der Waals surface area contributed by atoms with Crippen LogP contribution in [-0.4, -0.2) is 83.5 Å².